The molecule has 2 aliphatic rings. The van der Waals surface area contributed by atoms with Crippen LogP contribution in [0.1, 0.15) is 62.5 Å². The summed E-state index contributed by atoms with van der Waals surface area (Å²) in [5, 5.41) is 10.6. The normalized spacial score (nSPS) is 21.6. The Morgan fingerprint density at radius 1 is 1.12 bits per heavy atom. The second-order valence-electron chi connectivity index (χ2n) is 9.63. The van der Waals surface area contributed by atoms with Crippen LogP contribution in [0.2, 0.25) is 0 Å². The number of nitrogens with two attached hydrogens (primary N) is 1. The number of carbonyl (C=O) groups is 2. The molecule has 0 spiro atoms. The highest BCUT2D eigenvalue weighted by Gasteiger charge is 2.30. The van der Waals surface area contributed by atoms with Gasteiger partial charge in [0.2, 0.25) is 0 Å². The molecule has 0 bridgehead atoms. The largest absolute Gasteiger partial charge is 0.383 e. The number of carbonyl (C=O) groups excluding carboxylic acids is 2. The summed E-state index contributed by atoms with van der Waals surface area (Å²) in [6.45, 7) is 4.42. The molecule has 1 aromatic rings. The number of piperazine rings is 1. The maximum Gasteiger partial charge on any atom is 0.252 e. The summed E-state index contributed by atoms with van der Waals surface area (Å²) in [6.07, 6.45) is 5.25. The molecule has 1 heterocycles. The molecule has 3 atom stereocenters. The molecule has 32 heavy (non-hydrogen) atoms. The Morgan fingerprint density at radius 2 is 1.75 bits per heavy atom. The Labute approximate surface area is 190 Å². The summed E-state index contributed by atoms with van der Waals surface area (Å²) in [7, 11) is 2.00. The first-order valence-corrected chi connectivity index (χ1v) is 12.0. The topological polar surface area (TPSA) is 86.9 Å². The van der Waals surface area contributed by atoms with Crippen LogP contribution in [-0.2, 0) is 16.0 Å². The van der Waals surface area contributed by atoms with Gasteiger partial charge >= 0.3 is 0 Å². The van der Waals surface area contributed by atoms with Crippen molar-refractivity contribution < 1.29 is 19.1 Å². The standard InChI is InChI=1S/C25H38FN3O3/c1-17(24(31)25(32)29-13-11-28(2)12-14-29)19-9-10-20(21(26)15-19)16-22(30)23(27)18-7-5-3-4-6-8-18/h9-10,15,17-18,23-24,31H,3-8,11-14,16,27H2,1-2H3/t17-,23-,24+/m0/s1. The Balaban J connectivity index is 1.61. The first-order valence-electron chi connectivity index (χ1n) is 12.0. The van der Waals surface area contributed by atoms with E-state index in [2.05, 4.69) is 4.90 Å². The minimum Gasteiger partial charge on any atom is -0.383 e. The fraction of sp³-hybridized carbons (Fsp3) is 0.680. The molecule has 3 rings (SSSR count). The number of rotatable bonds is 7. The molecule has 3 N–H and O–H groups in total. The van der Waals surface area contributed by atoms with Crippen LogP contribution in [0.15, 0.2) is 18.2 Å². The molecule has 0 aromatic heterocycles. The van der Waals surface area contributed by atoms with Crippen LogP contribution in [0.3, 0.4) is 0 Å². The molecule has 1 aliphatic carbocycles. The van der Waals surface area contributed by atoms with Gasteiger partial charge in [-0.25, -0.2) is 4.39 Å². The smallest absolute Gasteiger partial charge is 0.252 e. The highest BCUT2D eigenvalue weighted by molar-refractivity contribution is 5.86. The Morgan fingerprint density at radius 3 is 2.34 bits per heavy atom. The van der Waals surface area contributed by atoms with Gasteiger partial charge in [-0.3, -0.25) is 9.59 Å². The van der Waals surface area contributed by atoms with Gasteiger partial charge in [-0.1, -0.05) is 44.7 Å². The number of nitrogens with zero attached hydrogens (tertiary/aromatic N) is 2. The molecule has 1 amide bonds. The van der Waals surface area contributed by atoms with Gasteiger partial charge in [0, 0.05) is 38.5 Å². The number of likely N-dealkylation sites (N-methyl/N-ethyl adjacent to an activating group) is 1. The average Bonchev–Trinajstić information content (AvgIpc) is 3.08. The lowest BCUT2D eigenvalue weighted by Gasteiger charge is -2.34. The zero-order valence-electron chi connectivity index (χ0n) is 19.4. The van der Waals surface area contributed by atoms with Crippen molar-refractivity contribution in [2.45, 2.75) is 69.9 Å². The second-order valence-corrected chi connectivity index (χ2v) is 9.63. The summed E-state index contributed by atoms with van der Waals surface area (Å²) in [5.74, 6) is -1.30. The van der Waals surface area contributed by atoms with Crippen molar-refractivity contribution in [3.8, 4) is 0 Å². The number of hydrogen-bond donors (Lipinski definition) is 2. The van der Waals surface area contributed by atoms with Crippen LogP contribution in [-0.4, -0.2) is 72.0 Å². The van der Waals surface area contributed by atoms with Crippen molar-refractivity contribution in [1.82, 2.24) is 9.80 Å². The molecule has 6 nitrogen and oxygen atoms in total. The lowest BCUT2D eigenvalue weighted by molar-refractivity contribution is -0.142. The minimum absolute atomic E-state index is 0.0268. The van der Waals surface area contributed by atoms with Crippen LogP contribution in [0, 0.1) is 11.7 Å². The van der Waals surface area contributed by atoms with Crippen LogP contribution in [0.5, 0.6) is 0 Å². The molecule has 2 fully saturated rings. The molecular weight excluding hydrogens is 409 g/mol. The summed E-state index contributed by atoms with van der Waals surface area (Å²) in [4.78, 5) is 29.2. The minimum atomic E-state index is -1.23. The first kappa shape index (κ1) is 24.8. The number of aliphatic hydroxyl groups is 1. The molecular formula is C25H38FN3O3. The lowest BCUT2D eigenvalue weighted by Crippen LogP contribution is -2.51. The third-order valence-corrected chi connectivity index (χ3v) is 7.29. The van der Waals surface area contributed by atoms with Crippen LogP contribution in [0.25, 0.3) is 0 Å². The molecule has 0 radical (unpaired) electrons. The lowest BCUT2D eigenvalue weighted by atomic mass is 9.87. The zero-order valence-corrected chi connectivity index (χ0v) is 19.4. The predicted octanol–water partition coefficient (Wildman–Crippen LogP) is 2.47. The summed E-state index contributed by atoms with van der Waals surface area (Å²) in [6, 6.07) is 4.08. The Hall–Kier alpha value is -1.83. The van der Waals surface area contributed by atoms with Gasteiger partial charge in [0.05, 0.1) is 6.04 Å². The maximum atomic E-state index is 14.8. The number of ketones is 1. The van der Waals surface area contributed by atoms with Gasteiger partial charge in [0.15, 0.2) is 5.78 Å². The van der Waals surface area contributed by atoms with E-state index in [1.54, 1.807) is 24.0 Å². The predicted molar refractivity (Wildman–Crippen MR) is 123 cm³/mol. The van der Waals surface area contributed by atoms with Crippen molar-refractivity contribution in [2.75, 3.05) is 33.2 Å². The molecule has 0 unspecified atom stereocenters. The number of halogens is 1. The fourth-order valence-electron chi connectivity index (χ4n) is 4.84. The van der Waals surface area contributed by atoms with E-state index in [0.717, 1.165) is 38.8 Å². The van der Waals surface area contributed by atoms with Gasteiger partial charge in [-0.2, -0.15) is 0 Å². The van der Waals surface area contributed by atoms with E-state index in [0.29, 0.717) is 24.2 Å². The molecule has 1 aromatic carbocycles. The van der Waals surface area contributed by atoms with Gasteiger partial charge in [-0.15, -0.1) is 0 Å². The number of benzene rings is 1. The highest BCUT2D eigenvalue weighted by Crippen LogP contribution is 2.27. The summed E-state index contributed by atoms with van der Waals surface area (Å²) < 4.78 is 14.8. The van der Waals surface area contributed by atoms with Crippen LogP contribution < -0.4 is 5.73 Å². The molecule has 178 valence electrons. The zero-order chi connectivity index (χ0) is 23.3. The van der Waals surface area contributed by atoms with E-state index in [4.69, 9.17) is 5.73 Å². The molecule has 1 aliphatic heterocycles. The first-order chi connectivity index (χ1) is 15.3. The Bertz CT molecular complexity index is 787. The molecule has 1 saturated carbocycles. The molecule has 1 saturated heterocycles. The maximum absolute atomic E-state index is 14.8. The van der Waals surface area contributed by atoms with Gasteiger partial charge in [-0.05, 0) is 43.0 Å². The van der Waals surface area contributed by atoms with Gasteiger partial charge < -0.3 is 20.6 Å². The van der Waals surface area contributed by atoms with Gasteiger partial charge in [0.25, 0.3) is 5.91 Å². The second kappa shape index (κ2) is 11.3. The van der Waals surface area contributed by atoms with Crippen LogP contribution in [0.4, 0.5) is 4.39 Å². The quantitative estimate of drug-likeness (QED) is 0.627. The van der Waals surface area contributed by atoms with E-state index in [-0.39, 0.29) is 24.0 Å². The monoisotopic (exact) mass is 447 g/mol. The van der Waals surface area contributed by atoms with Crippen molar-refractivity contribution in [2.24, 2.45) is 11.7 Å². The summed E-state index contributed by atoms with van der Waals surface area (Å²) >= 11 is 0. The SMILES string of the molecule is C[C@@H](c1ccc(CC(=O)[C@@H](N)C2CCCCCC2)c(F)c1)[C@@H](O)C(=O)N1CCN(C)CC1. The average molecular weight is 448 g/mol. The van der Waals surface area contributed by atoms with Crippen molar-refractivity contribution >= 4 is 11.7 Å². The van der Waals surface area contributed by atoms with E-state index >= 15 is 0 Å². The number of aliphatic hydroxyl groups excluding tert-OH is 1. The highest BCUT2D eigenvalue weighted by atomic mass is 19.1. The van der Waals surface area contributed by atoms with E-state index in [9.17, 15) is 19.1 Å². The van der Waals surface area contributed by atoms with Crippen LogP contribution >= 0.6 is 0 Å². The molecule has 7 heteroatoms. The summed E-state index contributed by atoms with van der Waals surface area (Å²) in [5.41, 5.74) is 7.10. The van der Waals surface area contributed by atoms with Crippen molar-refractivity contribution in [1.29, 1.82) is 0 Å². The fourth-order valence-corrected chi connectivity index (χ4v) is 4.84. The number of hydrogen-bond acceptors (Lipinski definition) is 5. The van der Waals surface area contributed by atoms with E-state index < -0.39 is 23.9 Å². The number of Topliss-reactive ketones (excluding diaryl/α,β-unsaturated/α-hetero) is 1. The third kappa shape index (κ3) is 6.15. The van der Waals surface area contributed by atoms with E-state index in [1.807, 2.05) is 7.05 Å². The number of amides is 1. The van der Waals surface area contributed by atoms with Crippen molar-refractivity contribution in [3.63, 3.8) is 0 Å². The van der Waals surface area contributed by atoms with E-state index in [1.165, 1.54) is 18.9 Å². The van der Waals surface area contributed by atoms with Gasteiger partial charge in [0.1, 0.15) is 11.9 Å². The Kier molecular flexibility index (Phi) is 8.79. The third-order valence-electron chi connectivity index (χ3n) is 7.29. The van der Waals surface area contributed by atoms with Crippen molar-refractivity contribution in [3.05, 3.63) is 35.1 Å².